The number of nitrogens with zero attached hydrogens (tertiary/aromatic N) is 1. The number of amides is 2. The fourth-order valence-corrected chi connectivity index (χ4v) is 2.95. The van der Waals surface area contributed by atoms with E-state index in [1.54, 1.807) is 0 Å². The van der Waals surface area contributed by atoms with Crippen LogP contribution in [0.5, 0.6) is 0 Å². The fraction of sp³-hybridized carbons (Fsp3) is 0.462. The van der Waals surface area contributed by atoms with Crippen molar-refractivity contribution in [3.63, 3.8) is 0 Å². The highest BCUT2D eigenvalue weighted by Gasteiger charge is 2.39. The zero-order chi connectivity index (χ0) is 18.1. The quantitative estimate of drug-likeness (QED) is 0.256. The highest BCUT2D eigenvalue weighted by Crippen LogP contribution is 2.17. The highest BCUT2D eigenvalue weighted by atomic mass is 32.2. The van der Waals surface area contributed by atoms with E-state index in [1.165, 1.54) is 0 Å². The first-order chi connectivity index (χ1) is 11.1. The molecule has 10 nitrogen and oxygen atoms in total. The minimum Gasteiger partial charge on any atom is -0.446 e. The lowest BCUT2D eigenvalue weighted by Crippen LogP contribution is -2.42. The predicted molar refractivity (Wildman–Crippen MR) is 74.9 cm³/mol. The Morgan fingerprint density at radius 3 is 2.12 bits per heavy atom. The Balaban J connectivity index is 2.05. The van der Waals surface area contributed by atoms with E-state index in [9.17, 15) is 36.9 Å². The molecule has 0 aromatic heterocycles. The van der Waals surface area contributed by atoms with E-state index in [-0.39, 0.29) is 12.8 Å². The third-order valence-electron chi connectivity index (χ3n) is 3.55. The molecule has 1 atom stereocenters. The van der Waals surface area contributed by atoms with Crippen LogP contribution in [0.15, 0.2) is 12.2 Å². The SMILES string of the molecule is O=C(CC(CN1C(=O)C=CC1=O)S(=O)(=O)O)OC1C(=O)CCC1=O. The van der Waals surface area contributed by atoms with Crippen LogP contribution in [0.3, 0.4) is 0 Å². The van der Waals surface area contributed by atoms with Crippen molar-refractivity contribution in [3.8, 4) is 0 Å². The maximum Gasteiger partial charge on any atom is 0.308 e. The predicted octanol–water partition coefficient (Wildman–Crippen LogP) is -1.60. The van der Waals surface area contributed by atoms with Crippen molar-refractivity contribution < 1.29 is 41.7 Å². The number of imide groups is 1. The van der Waals surface area contributed by atoms with Gasteiger partial charge in [-0.15, -0.1) is 0 Å². The second-order valence-corrected chi connectivity index (χ2v) is 6.96. The molecular weight excluding hydrogens is 346 g/mol. The lowest BCUT2D eigenvalue weighted by Gasteiger charge is -2.20. The Morgan fingerprint density at radius 1 is 1.17 bits per heavy atom. The number of esters is 1. The first-order valence-corrected chi connectivity index (χ1v) is 8.34. The van der Waals surface area contributed by atoms with Gasteiger partial charge in [-0.3, -0.25) is 33.4 Å². The summed E-state index contributed by atoms with van der Waals surface area (Å²) in [7, 11) is -4.80. The Morgan fingerprint density at radius 2 is 1.67 bits per heavy atom. The van der Waals surface area contributed by atoms with E-state index in [1.807, 2.05) is 0 Å². The zero-order valence-electron chi connectivity index (χ0n) is 12.2. The maximum atomic E-state index is 11.8. The number of rotatable bonds is 6. The van der Waals surface area contributed by atoms with Crippen LogP contribution in [0, 0.1) is 0 Å². The zero-order valence-corrected chi connectivity index (χ0v) is 13.0. The van der Waals surface area contributed by atoms with Gasteiger partial charge in [0, 0.05) is 31.5 Å². The molecule has 0 aromatic rings. The lowest BCUT2D eigenvalue weighted by atomic mass is 10.2. The number of hydrogen-bond acceptors (Lipinski definition) is 8. The number of hydrogen-bond donors (Lipinski definition) is 1. The Kier molecular flexibility index (Phi) is 4.94. The molecule has 0 spiro atoms. The number of carbonyl (C=O) groups excluding carboxylic acids is 5. The topological polar surface area (TPSA) is 152 Å². The minimum absolute atomic E-state index is 0.0685. The van der Waals surface area contributed by atoms with E-state index in [0.29, 0.717) is 4.90 Å². The molecule has 0 saturated heterocycles. The van der Waals surface area contributed by atoms with E-state index in [2.05, 4.69) is 4.74 Å². The van der Waals surface area contributed by atoms with Gasteiger partial charge in [0.1, 0.15) is 5.25 Å². The van der Waals surface area contributed by atoms with Crippen molar-refractivity contribution in [1.29, 1.82) is 0 Å². The number of ketones is 2. The van der Waals surface area contributed by atoms with Crippen molar-refractivity contribution >= 4 is 39.5 Å². The standard InChI is InChI=1S/C13H13NO9S/c15-8-1-2-9(16)13(8)23-12(19)5-7(24(20,21)22)6-14-10(17)3-4-11(14)18/h3-4,7,13H,1-2,5-6H2,(H,20,21,22). The summed E-state index contributed by atoms with van der Waals surface area (Å²) in [6.45, 7) is -0.759. The molecular formula is C13H13NO9S. The Labute approximate surface area is 136 Å². The molecule has 2 aliphatic rings. The summed E-state index contributed by atoms with van der Waals surface area (Å²) < 4.78 is 36.6. The van der Waals surface area contributed by atoms with Crippen LogP contribution >= 0.6 is 0 Å². The molecule has 2 rings (SSSR count). The van der Waals surface area contributed by atoms with Crippen LogP contribution in [-0.4, -0.2) is 65.1 Å². The highest BCUT2D eigenvalue weighted by molar-refractivity contribution is 7.86. The summed E-state index contributed by atoms with van der Waals surface area (Å²) in [5.74, 6) is -3.97. The first-order valence-electron chi connectivity index (χ1n) is 6.84. The van der Waals surface area contributed by atoms with Crippen LogP contribution in [0.25, 0.3) is 0 Å². The summed E-state index contributed by atoms with van der Waals surface area (Å²) in [6, 6.07) is 0. The van der Waals surface area contributed by atoms with Gasteiger partial charge in [-0.05, 0) is 0 Å². The van der Waals surface area contributed by atoms with Gasteiger partial charge in [-0.25, -0.2) is 0 Å². The molecule has 1 heterocycles. The summed E-state index contributed by atoms with van der Waals surface area (Å²) in [6.07, 6.45) is -0.805. The van der Waals surface area contributed by atoms with Crippen LogP contribution in [0.2, 0.25) is 0 Å². The molecule has 11 heteroatoms. The fourth-order valence-electron chi connectivity index (χ4n) is 2.26. The minimum atomic E-state index is -4.80. The second kappa shape index (κ2) is 6.61. The molecule has 1 aliphatic heterocycles. The number of Topliss-reactive ketones (excluding diaryl/α,β-unsaturated/α-hetero) is 2. The van der Waals surface area contributed by atoms with Gasteiger partial charge in [0.15, 0.2) is 11.6 Å². The average Bonchev–Trinajstić information content (AvgIpc) is 2.95. The smallest absolute Gasteiger partial charge is 0.308 e. The van der Waals surface area contributed by atoms with E-state index in [0.717, 1.165) is 12.2 Å². The molecule has 24 heavy (non-hydrogen) atoms. The maximum absolute atomic E-state index is 11.8. The molecule has 1 unspecified atom stereocenters. The van der Waals surface area contributed by atoms with Crippen LogP contribution in [0.1, 0.15) is 19.3 Å². The summed E-state index contributed by atoms with van der Waals surface area (Å²) >= 11 is 0. The van der Waals surface area contributed by atoms with Crippen LogP contribution in [-0.2, 0) is 38.8 Å². The second-order valence-electron chi connectivity index (χ2n) is 5.26. The van der Waals surface area contributed by atoms with Crippen molar-refractivity contribution in [2.45, 2.75) is 30.6 Å². The van der Waals surface area contributed by atoms with Gasteiger partial charge >= 0.3 is 5.97 Å². The number of carbonyl (C=O) groups is 5. The normalized spacial score (nSPS) is 20.1. The molecule has 130 valence electrons. The molecule has 0 radical (unpaired) electrons. The van der Waals surface area contributed by atoms with E-state index in [4.69, 9.17) is 0 Å². The average molecular weight is 359 g/mol. The van der Waals surface area contributed by atoms with Crippen molar-refractivity contribution in [1.82, 2.24) is 4.90 Å². The number of ether oxygens (including phenoxy) is 1. The van der Waals surface area contributed by atoms with Crippen molar-refractivity contribution in [2.24, 2.45) is 0 Å². The Hall–Kier alpha value is -2.40. The molecule has 1 N–H and O–H groups in total. The molecule has 1 aliphatic carbocycles. The van der Waals surface area contributed by atoms with Crippen LogP contribution < -0.4 is 0 Å². The van der Waals surface area contributed by atoms with Gasteiger partial charge in [0.25, 0.3) is 21.9 Å². The van der Waals surface area contributed by atoms with E-state index >= 15 is 0 Å². The lowest BCUT2D eigenvalue weighted by molar-refractivity contribution is -0.157. The molecule has 0 bridgehead atoms. The van der Waals surface area contributed by atoms with Gasteiger partial charge in [0.2, 0.25) is 6.10 Å². The van der Waals surface area contributed by atoms with Crippen molar-refractivity contribution in [3.05, 3.63) is 12.2 Å². The van der Waals surface area contributed by atoms with Crippen LogP contribution in [0.4, 0.5) is 0 Å². The summed E-state index contributed by atoms with van der Waals surface area (Å²) in [5, 5.41) is -1.83. The van der Waals surface area contributed by atoms with Gasteiger partial charge in [-0.1, -0.05) is 0 Å². The largest absolute Gasteiger partial charge is 0.446 e. The summed E-state index contributed by atoms with van der Waals surface area (Å²) in [5.41, 5.74) is 0. The molecule has 1 fully saturated rings. The monoisotopic (exact) mass is 359 g/mol. The van der Waals surface area contributed by atoms with Crippen molar-refractivity contribution in [2.75, 3.05) is 6.54 Å². The van der Waals surface area contributed by atoms with E-state index < -0.39 is 63.8 Å². The molecule has 2 amide bonds. The van der Waals surface area contributed by atoms with Gasteiger partial charge in [-0.2, -0.15) is 8.42 Å². The molecule has 0 aromatic carbocycles. The molecule has 1 saturated carbocycles. The summed E-state index contributed by atoms with van der Waals surface area (Å²) in [4.78, 5) is 58.0. The first kappa shape index (κ1) is 17.9. The van der Waals surface area contributed by atoms with Gasteiger partial charge < -0.3 is 4.74 Å². The Bertz CT molecular complexity index is 717. The third-order valence-corrected chi connectivity index (χ3v) is 4.71. The van der Waals surface area contributed by atoms with Gasteiger partial charge in [0.05, 0.1) is 6.42 Å². The third kappa shape index (κ3) is 3.92.